The number of anilines is 1. The fourth-order valence-electron chi connectivity index (χ4n) is 2.34. The predicted molar refractivity (Wildman–Crippen MR) is 89.2 cm³/mol. The van der Waals surface area contributed by atoms with Crippen molar-refractivity contribution in [2.45, 2.75) is 19.8 Å². The summed E-state index contributed by atoms with van der Waals surface area (Å²) in [5.41, 5.74) is 4.79. The topological polar surface area (TPSA) is 57.8 Å². The Bertz CT molecular complexity index is 826. The lowest BCUT2D eigenvalue weighted by atomic mass is 10.1. The van der Waals surface area contributed by atoms with Crippen molar-refractivity contribution >= 4 is 34.2 Å². The number of aryl methyl sites for hydroxylation is 2. The molecule has 0 bridgehead atoms. The number of nitrogens with one attached hydrogen (secondary N) is 2. The van der Waals surface area contributed by atoms with E-state index in [0.29, 0.717) is 17.9 Å². The zero-order valence-corrected chi connectivity index (χ0v) is 12.9. The highest BCUT2D eigenvalue weighted by Gasteiger charge is 2.07. The van der Waals surface area contributed by atoms with Crippen molar-refractivity contribution in [1.29, 1.82) is 0 Å². The van der Waals surface area contributed by atoms with Crippen molar-refractivity contribution < 1.29 is 4.79 Å². The molecule has 1 heterocycles. The van der Waals surface area contributed by atoms with Gasteiger partial charge in [0.2, 0.25) is 5.91 Å². The van der Waals surface area contributed by atoms with E-state index >= 15 is 0 Å². The molecule has 112 valence electrons. The Morgan fingerprint density at radius 1 is 1.27 bits per heavy atom. The monoisotopic (exact) mass is 313 g/mol. The molecule has 22 heavy (non-hydrogen) atoms. The van der Waals surface area contributed by atoms with Gasteiger partial charge in [0, 0.05) is 17.1 Å². The first-order chi connectivity index (χ1) is 10.6. The summed E-state index contributed by atoms with van der Waals surface area (Å²) in [6, 6.07) is 11.5. The number of halogens is 1. The van der Waals surface area contributed by atoms with Gasteiger partial charge in [0.05, 0.1) is 17.4 Å². The van der Waals surface area contributed by atoms with Crippen molar-refractivity contribution in [1.82, 2.24) is 9.97 Å². The molecule has 0 aliphatic rings. The standard InChI is InChI=1S/C17H16ClN3O/c1-11-2-5-13(18)9-15(11)21-17(22)7-4-12-3-6-14-16(8-12)20-10-19-14/h2-3,5-6,8-10H,4,7H2,1H3,(H,19,20)(H,21,22). The minimum Gasteiger partial charge on any atom is -0.345 e. The Kier molecular flexibility index (Phi) is 4.11. The molecule has 0 radical (unpaired) electrons. The van der Waals surface area contributed by atoms with E-state index in [0.717, 1.165) is 27.8 Å². The number of nitrogens with zero attached hydrogens (tertiary/aromatic N) is 1. The van der Waals surface area contributed by atoms with E-state index in [-0.39, 0.29) is 5.91 Å². The van der Waals surface area contributed by atoms with Gasteiger partial charge in [0.1, 0.15) is 0 Å². The van der Waals surface area contributed by atoms with Gasteiger partial charge in [-0.15, -0.1) is 0 Å². The Morgan fingerprint density at radius 3 is 3.00 bits per heavy atom. The first kappa shape index (κ1) is 14.6. The Balaban J connectivity index is 1.63. The zero-order chi connectivity index (χ0) is 15.5. The van der Waals surface area contributed by atoms with Gasteiger partial charge in [0.25, 0.3) is 0 Å². The summed E-state index contributed by atoms with van der Waals surface area (Å²) >= 11 is 5.96. The molecule has 0 spiro atoms. The molecule has 2 aromatic carbocycles. The first-order valence-electron chi connectivity index (χ1n) is 7.10. The van der Waals surface area contributed by atoms with E-state index in [4.69, 9.17) is 11.6 Å². The average molecular weight is 314 g/mol. The van der Waals surface area contributed by atoms with Crippen molar-refractivity contribution in [3.8, 4) is 0 Å². The van der Waals surface area contributed by atoms with Crippen molar-refractivity contribution in [2.75, 3.05) is 5.32 Å². The summed E-state index contributed by atoms with van der Waals surface area (Å²) in [4.78, 5) is 19.3. The molecule has 4 nitrogen and oxygen atoms in total. The SMILES string of the molecule is Cc1ccc(Cl)cc1NC(=O)CCc1ccc2nc[nH]c2c1. The molecule has 0 aliphatic carbocycles. The number of hydrogen-bond donors (Lipinski definition) is 2. The van der Waals surface area contributed by atoms with Gasteiger partial charge in [0.15, 0.2) is 0 Å². The maximum Gasteiger partial charge on any atom is 0.224 e. The van der Waals surface area contributed by atoms with Gasteiger partial charge < -0.3 is 10.3 Å². The number of carbonyl (C=O) groups is 1. The highest BCUT2D eigenvalue weighted by Crippen LogP contribution is 2.20. The van der Waals surface area contributed by atoms with Crippen molar-refractivity contribution in [3.63, 3.8) is 0 Å². The summed E-state index contributed by atoms with van der Waals surface area (Å²) in [5.74, 6) is -0.0184. The molecule has 5 heteroatoms. The van der Waals surface area contributed by atoms with Crippen LogP contribution in [0.5, 0.6) is 0 Å². The lowest BCUT2D eigenvalue weighted by molar-refractivity contribution is -0.116. The van der Waals surface area contributed by atoms with Gasteiger partial charge in [-0.1, -0.05) is 23.7 Å². The van der Waals surface area contributed by atoms with E-state index in [1.807, 2.05) is 37.3 Å². The number of benzene rings is 2. The van der Waals surface area contributed by atoms with Crippen LogP contribution in [0, 0.1) is 6.92 Å². The molecule has 3 aromatic rings. The molecular formula is C17H16ClN3O. The fraction of sp³-hybridized carbons (Fsp3) is 0.176. The molecule has 0 saturated heterocycles. The molecule has 0 aliphatic heterocycles. The van der Waals surface area contributed by atoms with E-state index in [9.17, 15) is 4.79 Å². The van der Waals surface area contributed by atoms with E-state index in [1.54, 1.807) is 12.4 Å². The number of fused-ring (bicyclic) bond motifs is 1. The van der Waals surface area contributed by atoms with Crippen LogP contribution in [0.25, 0.3) is 11.0 Å². The smallest absolute Gasteiger partial charge is 0.224 e. The molecule has 0 unspecified atom stereocenters. The van der Waals surface area contributed by atoms with Crippen LogP contribution < -0.4 is 5.32 Å². The van der Waals surface area contributed by atoms with Crippen LogP contribution in [0.3, 0.4) is 0 Å². The lowest BCUT2D eigenvalue weighted by Gasteiger charge is -2.09. The Hall–Kier alpha value is -2.33. The molecule has 0 saturated carbocycles. The number of imidazole rings is 1. The second kappa shape index (κ2) is 6.20. The summed E-state index contributed by atoms with van der Waals surface area (Å²) in [6.07, 6.45) is 2.77. The molecule has 0 atom stereocenters. The fourth-order valence-corrected chi connectivity index (χ4v) is 2.51. The quantitative estimate of drug-likeness (QED) is 0.762. The average Bonchev–Trinajstić information content (AvgIpc) is 2.96. The van der Waals surface area contributed by atoms with Gasteiger partial charge in [-0.2, -0.15) is 0 Å². The minimum absolute atomic E-state index is 0.0184. The van der Waals surface area contributed by atoms with Crippen LogP contribution in [-0.4, -0.2) is 15.9 Å². The van der Waals surface area contributed by atoms with Crippen LogP contribution in [0.2, 0.25) is 5.02 Å². The number of hydrogen-bond acceptors (Lipinski definition) is 2. The summed E-state index contributed by atoms with van der Waals surface area (Å²) in [5, 5.41) is 3.53. The van der Waals surface area contributed by atoms with Gasteiger partial charge in [-0.05, 0) is 48.7 Å². The molecule has 3 rings (SSSR count). The highest BCUT2D eigenvalue weighted by molar-refractivity contribution is 6.31. The van der Waals surface area contributed by atoms with Crippen LogP contribution in [0.1, 0.15) is 17.5 Å². The Labute approximate surface area is 133 Å². The minimum atomic E-state index is -0.0184. The lowest BCUT2D eigenvalue weighted by Crippen LogP contribution is -2.13. The first-order valence-corrected chi connectivity index (χ1v) is 7.47. The molecule has 0 fully saturated rings. The number of aromatic nitrogens is 2. The van der Waals surface area contributed by atoms with Gasteiger partial charge in [-0.25, -0.2) is 4.98 Å². The van der Waals surface area contributed by atoms with Crippen LogP contribution >= 0.6 is 11.6 Å². The largest absolute Gasteiger partial charge is 0.345 e. The number of carbonyl (C=O) groups excluding carboxylic acids is 1. The van der Waals surface area contributed by atoms with E-state index in [2.05, 4.69) is 15.3 Å². The normalized spacial score (nSPS) is 10.8. The number of H-pyrrole nitrogens is 1. The number of aromatic amines is 1. The van der Waals surface area contributed by atoms with Crippen LogP contribution in [0.15, 0.2) is 42.7 Å². The summed E-state index contributed by atoms with van der Waals surface area (Å²) in [7, 11) is 0. The number of amides is 1. The highest BCUT2D eigenvalue weighted by atomic mass is 35.5. The van der Waals surface area contributed by atoms with E-state index < -0.39 is 0 Å². The third-order valence-electron chi connectivity index (χ3n) is 3.60. The molecule has 1 amide bonds. The Morgan fingerprint density at radius 2 is 2.14 bits per heavy atom. The van der Waals surface area contributed by atoms with Crippen molar-refractivity contribution in [2.24, 2.45) is 0 Å². The van der Waals surface area contributed by atoms with Gasteiger partial charge >= 0.3 is 0 Å². The zero-order valence-electron chi connectivity index (χ0n) is 12.2. The molecule has 1 aromatic heterocycles. The third kappa shape index (κ3) is 3.28. The summed E-state index contributed by atoms with van der Waals surface area (Å²) < 4.78 is 0. The predicted octanol–water partition coefficient (Wildman–Crippen LogP) is 4.10. The van der Waals surface area contributed by atoms with E-state index in [1.165, 1.54) is 0 Å². The van der Waals surface area contributed by atoms with Crippen molar-refractivity contribution in [3.05, 3.63) is 58.9 Å². The summed E-state index contributed by atoms with van der Waals surface area (Å²) in [6.45, 7) is 1.94. The van der Waals surface area contributed by atoms with Crippen LogP contribution in [-0.2, 0) is 11.2 Å². The maximum atomic E-state index is 12.1. The third-order valence-corrected chi connectivity index (χ3v) is 3.83. The molecular weight excluding hydrogens is 298 g/mol. The van der Waals surface area contributed by atoms with Crippen LogP contribution in [0.4, 0.5) is 5.69 Å². The second-order valence-electron chi connectivity index (χ2n) is 5.26. The number of rotatable bonds is 4. The van der Waals surface area contributed by atoms with Gasteiger partial charge in [-0.3, -0.25) is 4.79 Å². The maximum absolute atomic E-state index is 12.1. The second-order valence-corrected chi connectivity index (χ2v) is 5.70. The molecule has 2 N–H and O–H groups in total.